The fourth-order valence-electron chi connectivity index (χ4n) is 1.73. The lowest BCUT2D eigenvalue weighted by Crippen LogP contribution is -2.05. The number of hydrogen-bond donors (Lipinski definition) is 0. The molecule has 1 aromatic heterocycles. The van der Waals surface area contributed by atoms with Crippen LogP contribution in [0.25, 0.3) is 10.4 Å². The van der Waals surface area contributed by atoms with Crippen molar-refractivity contribution in [2.45, 2.75) is 20.1 Å². The van der Waals surface area contributed by atoms with Gasteiger partial charge in [0.05, 0.1) is 6.54 Å². The quantitative estimate of drug-likeness (QED) is 0.359. The van der Waals surface area contributed by atoms with Gasteiger partial charge in [-0.05, 0) is 24.1 Å². The molecular weight excluding hydrogens is 258 g/mol. The monoisotopic (exact) mass is 271 g/mol. The van der Waals surface area contributed by atoms with Crippen LogP contribution in [0.1, 0.15) is 27.4 Å². The third kappa shape index (κ3) is 3.40. The molecule has 0 aliphatic heterocycles. The van der Waals surface area contributed by atoms with E-state index in [1.807, 2.05) is 30.3 Å². The highest BCUT2D eigenvalue weighted by Crippen LogP contribution is 2.17. The summed E-state index contributed by atoms with van der Waals surface area (Å²) in [6, 6.07) is 10.9. The van der Waals surface area contributed by atoms with Crippen LogP contribution in [0.3, 0.4) is 0 Å². The summed E-state index contributed by atoms with van der Waals surface area (Å²) in [7, 11) is 0. The van der Waals surface area contributed by atoms with E-state index in [4.69, 9.17) is 14.7 Å². The number of nitrogens with zero attached hydrogens (tertiary/aromatic N) is 3. The van der Waals surface area contributed by atoms with Crippen LogP contribution in [-0.2, 0) is 17.9 Å². The van der Waals surface area contributed by atoms with Crippen molar-refractivity contribution in [2.24, 2.45) is 5.11 Å². The molecule has 102 valence electrons. The number of furan rings is 1. The lowest BCUT2D eigenvalue weighted by atomic mass is 10.2. The molecule has 0 spiro atoms. The van der Waals surface area contributed by atoms with E-state index in [1.165, 1.54) is 6.07 Å². The van der Waals surface area contributed by atoms with Crippen molar-refractivity contribution >= 4 is 5.97 Å². The largest absolute Gasteiger partial charge is 0.465 e. The Bertz CT molecular complexity index is 643. The highest BCUT2D eigenvalue weighted by atomic mass is 16.5. The lowest BCUT2D eigenvalue weighted by molar-refractivity contribution is 0.0470. The summed E-state index contributed by atoms with van der Waals surface area (Å²) in [6.07, 6.45) is 0. The average molecular weight is 271 g/mol. The third-order valence-electron chi connectivity index (χ3n) is 2.69. The predicted octanol–water partition coefficient (Wildman–Crippen LogP) is 3.76. The Labute approximate surface area is 115 Å². The van der Waals surface area contributed by atoms with Gasteiger partial charge in [-0.25, -0.2) is 4.79 Å². The van der Waals surface area contributed by atoms with Gasteiger partial charge in [0, 0.05) is 4.91 Å². The normalized spacial score (nSPS) is 9.85. The van der Waals surface area contributed by atoms with Crippen LogP contribution in [0.5, 0.6) is 0 Å². The summed E-state index contributed by atoms with van der Waals surface area (Å²) in [6.45, 7) is 1.94. The minimum atomic E-state index is -0.456. The lowest BCUT2D eigenvalue weighted by Gasteiger charge is -2.03. The van der Waals surface area contributed by atoms with E-state index in [-0.39, 0.29) is 13.2 Å². The van der Waals surface area contributed by atoms with Crippen molar-refractivity contribution in [3.63, 3.8) is 0 Å². The van der Waals surface area contributed by atoms with Gasteiger partial charge in [-0.3, -0.25) is 0 Å². The van der Waals surface area contributed by atoms with Gasteiger partial charge in [0.2, 0.25) is 0 Å². The van der Waals surface area contributed by atoms with Crippen molar-refractivity contribution in [2.75, 3.05) is 0 Å². The standard InChI is InChI=1S/C14H13N3O3/c1-10-13(7-12(20-10)8-16-17-15)14(18)19-9-11-5-3-2-4-6-11/h2-7H,8-9H2,1H3. The SMILES string of the molecule is Cc1oc(CN=[N+]=[N-])cc1C(=O)OCc1ccccc1. The highest BCUT2D eigenvalue weighted by Gasteiger charge is 2.16. The predicted molar refractivity (Wildman–Crippen MR) is 71.9 cm³/mol. The summed E-state index contributed by atoms with van der Waals surface area (Å²) >= 11 is 0. The molecule has 0 fully saturated rings. The number of carbonyl (C=O) groups is 1. The van der Waals surface area contributed by atoms with Crippen molar-refractivity contribution in [1.29, 1.82) is 0 Å². The Morgan fingerprint density at radius 2 is 2.15 bits per heavy atom. The number of carbonyl (C=O) groups excluding carboxylic acids is 1. The molecule has 2 rings (SSSR count). The van der Waals surface area contributed by atoms with E-state index < -0.39 is 5.97 Å². The molecule has 0 bridgehead atoms. The summed E-state index contributed by atoms with van der Waals surface area (Å²) in [5.41, 5.74) is 9.51. The van der Waals surface area contributed by atoms with Gasteiger partial charge < -0.3 is 9.15 Å². The van der Waals surface area contributed by atoms with Crippen LogP contribution in [0, 0.1) is 6.92 Å². The molecular formula is C14H13N3O3. The summed E-state index contributed by atoms with van der Waals surface area (Å²) in [5, 5.41) is 3.38. The Morgan fingerprint density at radius 1 is 1.40 bits per heavy atom. The van der Waals surface area contributed by atoms with Crippen LogP contribution < -0.4 is 0 Å². The van der Waals surface area contributed by atoms with Crippen molar-refractivity contribution in [1.82, 2.24) is 0 Å². The molecule has 0 amide bonds. The van der Waals surface area contributed by atoms with E-state index in [0.717, 1.165) is 5.56 Å². The van der Waals surface area contributed by atoms with Crippen LogP contribution >= 0.6 is 0 Å². The van der Waals surface area contributed by atoms with Crippen molar-refractivity contribution in [3.8, 4) is 0 Å². The molecule has 0 unspecified atom stereocenters. The van der Waals surface area contributed by atoms with E-state index in [0.29, 0.717) is 17.1 Å². The maximum atomic E-state index is 11.9. The first-order valence-corrected chi connectivity index (χ1v) is 6.02. The van der Waals surface area contributed by atoms with Crippen LogP contribution in [0.4, 0.5) is 0 Å². The van der Waals surface area contributed by atoms with Gasteiger partial charge >= 0.3 is 5.97 Å². The molecule has 0 aliphatic rings. The summed E-state index contributed by atoms with van der Waals surface area (Å²) < 4.78 is 10.5. The first-order valence-electron chi connectivity index (χ1n) is 6.02. The molecule has 1 aromatic carbocycles. The molecule has 0 saturated carbocycles. The number of ether oxygens (including phenoxy) is 1. The van der Waals surface area contributed by atoms with Gasteiger partial charge in [0.25, 0.3) is 0 Å². The zero-order valence-electron chi connectivity index (χ0n) is 10.9. The maximum Gasteiger partial charge on any atom is 0.342 e. The van der Waals surface area contributed by atoms with Crippen LogP contribution in [0.15, 0.2) is 45.9 Å². The second-order valence-corrected chi connectivity index (χ2v) is 4.13. The molecule has 0 saturated heterocycles. The van der Waals surface area contributed by atoms with Gasteiger partial charge in [-0.15, -0.1) is 0 Å². The fourth-order valence-corrected chi connectivity index (χ4v) is 1.73. The van der Waals surface area contributed by atoms with Gasteiger partial charge in [-0.2, -0.15) is 0 Å². The molecule has 20 heavy (non-hydrogen) atoms. The first-order chi connectivity index (χ1) is 9.70. The van der Waals surface area contributed by atoms with Crippen molar-refractivity contribution < 1.29 is 13.9 Å². The highest BCUT2D eigenvalue weighted by molar-refractivity contribution is 5.90. The minimum Gasteiger partial charge on any atom is -0.465 e. The average Bonchev–Trinajstić information content (AvgIpc) is 2.85. The van der Waals surface area contributed by atoms with Crippen LogP contribution in [0.2, 0.25) is 0 Å². The molecule has 0 N–H and O–H groups in total. The topological polar surface area (TPSA) is 88.2 Å². The zero-order chi connectivity index (χ0) is 14.4. The molecule has 2 aromatic rings. The summed E-state index contributed by atoms with van der Waals surface area (Å²) in [4.78, 5) is 14.6. The van der Waals surface area contributed by atoms with Gasteiger partial charge in [0.1, 0.15) is 23.7 Å². The van der Waals surface area contributed by atoms with Crippen molar-refractivity contribution in [3.05, 3.63) is 69.5 Å². The number of benzene rings is 1. The van der Waals surface area contributed by atoms with Crippen LogP contribution in [-0.4, -0.2) is 5.97 Å². The molecule has 0 aliphatic carbocycles. The Morgan fingerprint density at radius 3 is 2.85 bits per heavy atom. The van der Waals surface area contributed by atoms with Gasteiger partial charge in [0.15, 0.2) is 0 Å². The number of azide groups is 1. The van der Waals surface area contributed by atoms with E-state index >= 15 is 0 Å². The molecule has 1 heterocycles. The van der Waals surface area contributed by atoms with E-state index in [2.05, 4.69) is 10.0 Å². The third-order valence-corrected chi connectivity index (χ3v) is 2.69. The maximum absolute atomic E-state index is 11.9. The number of rotatable bonds is 5. The Kier molecular flexibility index (Phi) is 4.42. The second-order valence-electron chi connectivity index (χ2n) is 4.13. The Balaban J connectivity index is 2.02. The van der Waals surface area contributed by atoms with E-state index in [1.54, 1.807) is 6.92 Å². The minimum absolute atomic E-state index is 0.0727. The number of esters is 1. The molecule has 0 radical (unpaired) electrons. The molecule has 6 nitrogen and oxygen atoms in total. The van der Waals surface area contributed by atoms with Gasteiger partial charge in [-0.1, -0.05) is 35.4 Å². The zero-order valence-corrected chi connectivity index (χ0v) is 10.9. The molecule has 6 heteroatoms. The second kappa shape index (κ2) is 6.45. The first kappa shape index (κ1) is 13.7. The fraction of sp³-hybridized carbons (Fsp3) is 0.214. The number of aryl methyl sites for hydroxylation is 1. The Hall–Kier alpha value is -2.72. The number of hydrogen-bond acceptors (Lipinski definition) is 4. The smallest absolute Gasteiger partial charge is 0.342 e. The van der Waals surface area contributed by atoms with E-state index in [9.17, 15) is 4.79 Å². The summed E-state index contributed by atoms with van der Waals surface area (Å²) in [5.74, 6) is 0.431. The molecule has 0 atom stereocenters.